The molecular weight excluding hydrogens is 271 g/mol. The number of pyridine rings is 1. The molecular formula is C13H18F3N3O. The SMILES string of the molecule is CNc1cc(C(F)(F)F)cc(NC2CCCC2OC)n1. The lowest BCUT2D eigenvalue weighted by Crippen LogP contribution is -2.30. The minimum Gasteiger partial charge on any atom is -0.379 e. The lowest BCUT2D eigenvalue weighted by atomic mass is 10.2. The van der Waals surface area contributed by atoms with E-state index in [4.69, 9.17) is 4.74 Å². The van der Waals surface area contributed by atoms with Gasteiger partial charge in [-0.15, -0.1) is 0 Å². The van der Waals surface area contributed by atoms with Crippen LogP contribution in [-0.4, -0.2) is 31.3 Å². The lowest BCUT2D eigenvalue weighted by molar-refractivity contribution is -0.137. The second kappa shape index (κ2) is 5.87. The quantitative estimate of drug-likeness (QED) is 0.894. The van der Waals surface area contributed by atoms with Crippen molar-refractivity contribution in [2.75, 3.05) is 24.8 Å². The van der Waals surface area contributed by atoms with Crippen molar-refractivity contribution in [1.82, 2.24) is 4.98 Å². The van der Waals surface area contributed by atoms with Gasteiger partial charge >= 0.3 is 6.18 Å². The van der Waals surface area contributed by atoms with E-state index in [-0.39, 0.29) is 23.8 Å². The first kappa shape index (κ1) is 14.9. The van der Waals surface area contributed by atoms with Gasteiger partial charge in [-0.3, -0.25) is 0 Å². The summed E-state index contributed by atoms with van der Waals surface area (Å²) in [6.45, 7) is 0. The Kier molecular flexibility index (Phi) is 4.37. The monoisotopic (exact) mass is 289 g/mol. The summed E-state index contributed by atoms with van der Waals surface area (Å²) in [5.74, 6) is 0.410. The van der Waals surface area contributed by atoms with Crippen LogP contribution in [0, 0.1) is 0 Å². The van der Waals surface area contributed by atoms with Crippen LogP contribution in [-0.2, 0) is 10.9 Å². The van der Waals surface area contributed by atoms with Crippen LogP contribution in [0.25, 0.3) is 0 Å². The Balaban J connectivity index is 2.22. The van der Waals surface area contributed by atoms with Gasteiger partial charge < -0.3 is 15.4 Å². The Morgan fingerprint density at radius 3 is 2.55 bits per heavy atom. The summed E-state index contributed by atoms with van der Waals surface area (Å²) in [5, 5.41) is 5.70. The predicted octanol–water partition coefficient (Wildman–Crippen LogP) is 3.12. The van der Waals surface area contributed by atoms with Gasteiger partial charge in [0.15, 0.2) is 0 Å². The van der Waals surface area contributed by atoms with Crippen molar-refractivity contribution >= 4 is 11.6 Å². The number of ether oxygens (including phenoxy) is 1. The molecule has 0 aliphatic heterocycles. The molecule has 1 aliphatic rings. The third-order valence-corrected chi connectivity index (χ3v) is 3.50. The molecule has 112 valence electrons. The van der Waals surface area contributed by atoms with Gasteiger partial charge in [0.1, 0.15) is 11.6 Å². The smallest absolute Gasteiger partial charge is 0.379 e. The van der Waals surface area contributed by atoms with Gasteiger partial charge in [0.05, 0.1) is 17.7 Å². The minimum absolute atomic E-state index is 0.000639. The summed E-state index contributed by atoms with van der Waals surface area (Å²) < 4.78 is 43.8. The fourth-order valence-corrected chi connectivity index (χ4v) is 2.46. The third kappa shape index (κ3) is 3.33. The number of nitrogens with zero attached hydrogens (tertiary/aromatic N) is 1. The molecule has 7 heteroatoms. The number of hydrogen-bond donors (Lipinski definition) is 2. The number of methoxy groups -OCH3 is 1. The van der Waals surface area contributed by atoms with Gasteiger partial charge in [-0.1, -0.05) is 0 Å². The highest BCUT2D eigenvalue weighted by molar-refractivity contribution is 5.50. The van der Waals surface area contributed by atoms with Gasteiger partial charge in [-0.05, 0) is 31.4 Å². The Morgan fingerprint density at radius 2 is 1.95 bits per heavy atom. The van der Waals surface area contributed by atoms with E-state index in [2.05, 4.69) is 15.6 Å². The van der Waals surface area contributed by atoms with Crippen LogP contribution in [0.5, 0.6) is 0 Å². The third-order valence-electron chi connectivity index (χ3n) is 3.50. The van der Waals surface area contributed by atoms with E-state index in [9.17, 15) is 13.2 Å². The molecule has 0 aromatic carbocycles. The van der Waals surface area contributed by atoms with Gasteiger partial charge in [-0.25, -0.2) is 4.98 Å². The van der Waals surface area contributed by atoms with Crippen LogP contribution in [0.2, 0.25) is 0 Å². The minimum atomic E-state index is -4.39. The number of hydrogen-bond acceptors (Lipinski definition) is 4. The maximum absolute atomic E-state index is 12.8. The number of alkyl halides is 3. The number of anilines is 2. The summed E-state index contributed by atoms with van der Waals surface area (Å²) in [5.41, 5.74) is -0.716. The van der Waals surface area contributed by atoms with E-state index in [0.717, 1.165) is 31.4 Å². The predicted molar refractivity (Wildman–Crippen MR) is 70.8 cm³/mol. The van der Waals surface area contributed by atoms with Crippen LogP contribution in [0.15, 0.2) is 12.1 Å². The molecule has 1 aliphatic carbocycles. The van der Waals surface area contributed by atoms with Gasteiger partial charge in [0.25, 0.3) is 0 Å². The molecule has 20 heavy (non-hydrogen) atoms. The molecule has 0 bridgehead atoms. The van der Waals surface area contributed by atoms with Crippen LogP contribution in [0.4, 0.5) is 24.8 Å². The van der Waals surface area contributed by atoms with Crippen LogP contribution in [0.3, 0.4) is 0 Å². The zero-order valence-corrected chi connectivity index (χ0v) is 11.4. The fourth-order valence-electron chi connectivity index (χ4n) is 2.46. The summed E-state index contributed by atoms with van der Waals surface area (Å²) in [7, 11) is 3.16. The molecule has 1 saturated carbocycles. The highest BCUT2D eigenvalue weighted by Gasteiger charge is 2.33. The van der Waals surface area contributed by atoms with E-state index in [0.29, 0.717) is 0 Å². The molecule has 0 radical (unpaired) electrons. The van der Waals surface area contributed by atoms with Gasteiger partial charge in [0, 0.05) is 14.2 Å². The number of rotatable bonds is 4. The molecule has 1 aromatic heterocycles. The van der Waals surface area contributed by atoms with Crippen molar-refractivity contribution in [2.45, 2.75) is 37.6 Å². The molecule has 0 amide bonds. The van der Waals surface area contributed by atoms with E-state index < -0.39 is 11.7 Å². The summed E-state index contributed by atoms with van der Waals surface area (Å²) in [6, 6.07) is 2.03. The van der Waals surface area contributed by atoms with Crippen molar-refractivity contribution in [3.05, 3.63) is 17.7 Å². The first-order valence-corrected chi connectivity index (χ1v) is 6.50. The van der Waals surface area contributed by atoms with Crippen molar-refractivity contribution in [3.8, 4) is 0 Å². The Hall–Kier alpha value is -1.50. The summed E-state index contributed by atoms with van der Waals surface area (Å²) in [4.78, 5) is 4.12. The maximum atomic E-state index is 12.8. The van der Waals surface area contributed by atoms with E-state index >= 15 is 0 Å². The van der Waals surface area contributed by atoms with E-state index in [1.165, 1.54) is 0 Å². The Bertz CT molecular complexity index is 465. The largest absolute Gasteiger partial charge is 0.416 e. The van der Waals surface area contributed by atoms with Gasteiger partial charge in [-0.2, -0.15) is 13.2 Å². The van der Waals surface area contributed by atoms with Crippen molar-refractivity contribution in [3.63, 3.8) is 0 Å². The molecule has 0 spiro atoms. The normalized spacial score (nSPS) is 22.9. The standard InChI is InChI=1S/C13H18F3N3O/c1-17-11-6-8(13(14,15)16)7-12(19-11)18-9-4-3-5-10(9)20-2/h6-7,9-10H,3-5H2,1-2H3,(H2,17,18,19). The second-order valence-electron chi connectivity index (χ2n) is 4.83. The Morgan fingerprint density at radius 1 is 1.25 bits per heavy atom. The highest BCUT2D eigenvalue weighted by Crippen LogP contribution is 2.33. The average molecular weight is 289 g/mol. The summed E-state index contributed by atoms with van der Waals surface area (Å²) in [6.07, 6.45) is -1.60. The summed E-state index contributed by atoms with van der Waals surface area (Å²) >= 11 is 0. The highest BCUT2D eigenvalue weighted by atomic mass is 19.4. The molecule has 2 N–H and O–H groups in total. The van der Waals surface area contributed by atoms with Crippen molar-refractivity contribution in [1.29, 1.82) is 0 Å². The molecule has 2 atom stereocenters. The lowest BCUT2D eigenvalue weighted by Gasteiger charge is -2.21. The van der Waals surface area contributed by atoms with Crippen LogP contribution in [0.1, 0.15) is 24.8 Å². The fraction of sp³-hybridized carbons (Fsp3) is 0.615. The number of halogens is 3. The molecule has 4 nitrogen and oxygen atoms in total. The molecule has 1 aromatic rings. The van der Waals surface area contributed by atoms with E-state index in [1.54, 1.807) is 14.2 Å². The topological polar surface area (TPSA) is 46.2 Å². The Labute approximate surface area is 115 Å². The molecule has 1 heterocycles. The van der Waals surface area contributed by atoms with E-state index in [1.807, 2.05) is 0 Å². The molecule has 0 saturated heterocycles. The molecule has 2 rings (SSSR count). The number of nitrogens with one attached hydrogen (secondary N) is 2. The maximum Gasteiger partial charge on any atom is 0.416 e. The first-order valence-electron chi connectivity index (χ1n) is 6.50. The van der Waals surface area contributed by atoms with Crippen molar-refractivity contribution in [2.24, 2.45) is 0 Å². The van der Waals surface area contributed by atoms with Gasteiger partial charge in [0.2, 0.25) is 0 Å². The average Bonchev–Trinajstić information content (AvgIpc) is 2.84. The zero-order chi connectivity index (χ0) is 14.8. The van der Waals surface area contributed by atoms with Crippen LogP contribution < -0.4 is 10.6 Å². The molecule has 1 fully saturated rings. The molecule has 2 unspecified atom stereocenters. The van der Waals surface area contributed by atoms with Crippen LogP contribution >= 0.6 is 0 Å². The van der Waals surface area contributed by atoms with Crippen molar-refractivity contribution < 1.29 is 17.9 Å². The first-order chi connectivity index (χ1) is 9.44. The zero-order valence-electron chi connectivity index (χ0n) is 11.4. The number of aromatic nitrogens is 1. The second-order valence-corrected chi connectivity index (χ2v) is 4.83.